The Hall–Kier alpha value is -1.71. The molecule has 0 aliphatic rings. The lowest BCUT2D eigenvalue weighted by molar-refractivity contribution is 0.0951. The number of anilines is 1. The van der Waals surface area contributed by atoms with Crippen LogP contribution in [0, 0.1) is 0 Å². The summed E-state index contributed by atoms with van der Waals surface area (Å²) in [6.45, 7) is 0.404. The molecule has 2 rings (SSSR count). The topological polar surface area (TPSA) is 55.1 Å². The number of nitrogen functional groups attached to an aromatic ring is 1. The van der Waals surface area contributed by atoms with Gasteiger partial charge in [-0.1, -0.05) is 35.3 Å². The van der Waals surface area contributed by atoms with Gasteiger partial charge in [0.15, 0.2) is 0 Å². The van der Waals surface area contributed by atoms with Crippen molar-refractivity contribution >= 4 is 34.8 Å². The third-order valence-corrected chi connectivity index (χ3v) is 3.17. The summed E-state index contributed by atoms with van der Waals surface area (Å²) >= 11 is 11.7. The first kappa shape index (κ1) is 13.7. The van der Waals surface area contributed by atoms with E-state index >= 15 is 0 Å². The fraction of sp³-hybridized carbons (Fsp3) is 0.0714. The molecular weight excluding hydrogens is 283 g/mol. The van der Waals surface area contributed by atoms with Gasteiger partial charge in [-0.2, -0.15) is 0 Å². The molecule has 5 heteroatoms. The normalized spacial score (nSPS) is 10.2. The van der Waals surface area contributed by atoms with E-state index in [4.69, 9.17) is 28.9 Å². The van der Waals surface area contributed by atoms with E-state index in [-0.39, 0.29) is 5.91 Å². The molecule has 0 atom stereocenters. The van der Waals surface area contributed by atoms with E-state index in [1.54, 1.807) is 30.3 Å². The zero-order valence-corrected chi connectivity index (χ0v) is 11.5. The van der Waals surface area contributed by atoms with Gasteiger partial charge in [-0.3, -0.25) is 4.79 Å². The summed E-state index contributed by atoms with van der Waals surface area (Å²) in [7, 11) is 0. The van der Waals surface area contributed by atoms with Gasteiger partial charge in [0.2, 0.25) is 0 Å². The lowest BCUT2D eigenvalue weighted by Crippen LogP contribution is -2.22. The molecule has 0 fully saturated rings. The molecule has 3 nitrogen and oxygen atoms in total. The molecule has 19 heavy (non-hydrogen) atoms. The second kappa shape index (κ2) is 5.95. The summed E-state index contributed by atoms with van der Waals surface area (Å²) in [5, 5.41) is 3.80. The van der Waals surface area contributed by atoms with Crippen LogP contribution in [0.1, 0.15) is 15.9 Å². The molecule has 0 bridgehead atoms. The maximum atomic E-state index is 11.9. The standard InChI is InChI=1S/C14H12Cl2N2O/c15-11-3-1-2-9(6-11)8-18-14(19)10-4-5-13(17)12(16)7-10/h1-7H,8,17H2,(H,18,19). The Morgan fingerprint density at radius 2 is 1.95 bits per heavy atom. The van der Waals surface area contributed by atoms with E-state index in [9.17, 15) is 4.79 Å². The maximum Gasteiger partial charge on any atom is 0.251 e. The highest BCUT2D eigenvalue weighted by Crippen LogP contribution is 2.19. The molecule has 0 aromatic heterocycles. The Kier molecular flexibility index (Phi) is 4.30. The number of amides is 1. The number of benzene rings is 2. The van der Waals surface area contributed by atoms with Crippen LogP contribution < -0.4 is 11.1 Å². The van der Waals surface area contributed by atoms with Crippen LogP contribution in [-0.2, 0) is 6.54 Å². The first-order chi connectivity index (χ1) is 9.06. The van der Waals surface area contributed by atoms with Crippen molar-refractivity contribution in [2.75, 3.05) is 5.73 Å². The molecule has 0 unspecified atom stereocenters. The van der Waals surface area contributed by atoms with Crippen LogP contribution in [0.5, 0.6) is 0 Å². The largest absolute Gasteiger partial charge is 0.398 e. The maximum absolute atomic E-state index is 11.9. The van der Waals surface area contributed by atoms with Gasteiger partial charge in [-0.05, 0) is 35.9 Å². The first-order valence-electron chi connectivity index (χ1n) is 5.64. The molecule has 0 saturated heterocycles. The van der Waals surface area contributed by atoms with Crippen LogP contribution in [0.15, 0.2) is 42.5 Å². The molecule has 0 heterocycles. The van der Waals surface area contributed by atoms with Crippen molar-refractivity contribution in [1.29, 1.82) is 0 Å². The Morgan fingerprint density at radius 1 is 1.16 bits per heavy atom. The summed E-state index contributed by atoms with van der Waals surface area (Å²) < 4.78 is 0. The SMILES string of the molecule is Nc1ccc(C(=O)NCc2cccc(Cl)c2)cc1Cl. The van der Waals surface area contributed by atoms with Crippen molar-refractivity contribution in [3.8, 4) is 0 Å². The molecule has 1 amide bonds. The van der Waals surface area contributed by atoms with Gasteiger partial charge < -0.3 is 11.1 Å². The van der Waals surface area contributed by atoms with Crippen LogP contribution in [0.4, 0.5) is 5.69 Å². The second-order valence-corrected chi connectivity index (χ2v) is 4.89. The molecule has 98 valence electrons. The van der Waals surface area contributed by atoms with E-state index in [2.05, 4.69) is 5.32 Å². The number of carbonyl (C=O) groups is 1. The Morgan fingerprint density at radius 3 is 2.63 bits per heavy atom. The van der Waals surface area contributed by atoms with Crippen LogP contribution in [0.3, 0.4) is 0 Å². The zero-order chi connectivity index (χ0) is 13.8. The van der Waals surface area contributed by atoms with Gasteiger partial charge in [0.05, 0.1) is 10.7 Å². The number of rotatable bonds is 3. The van der Waals surface area contributed by atoms with Gasteiger partial charge >= 0.3 is 0 Å². The summed E-state index contributed by atoms with van der Waals surface area (Å²) in [5.74, 6) is -0.207. The summed E-state index contributed by atoms with van der Waals surface area (Å²) in [6, 6.07) is 12.1. The molecule has 0 radical (unpaired) electrons. The zero-order valence-electron chi connectivity index (χ0n) is 9.99. The third kappa shape index (κ3) is 3.63. The van der Waals surface area contributed by atoms with Crippen molar-refractivity contribution in [2.45, 2.75) is 6.54 Å². The average molecular weight is 295 g/mol. The minimum atomic E-state index is -0.207. The van der Waals surface area contributed by atoms with Crippen LogP contribution in [-0.4, -0.2) is 5.91 Å². The smallest absolute Gasteiger partial charge is 0.251 e. The lowest BCUT2D eigenvalue weighted by Gasteiger charge is -2.07. The summed E-state index contributed by atoms with van der Waals surface area (Å²) in [6.07, 6.45) is 0. The van der Waals surface area contributed by atoms with E-state index in [0.717, 1.165) is 5.56 Å². The van der Waals surface area contributed by atoms with E-state index in [1.165, 1.54) is 0 Å². The molecule has 0 aliphatic carbocycles. The number of nitrogens with one attached hydrogen (secondary N) is 1. The van der Waals surface area contributed by atoms with Crippen molar-refractivity contribution in [1.82, 2.24) is 5.32 Å². The van der Waals surface area contributed by atoms with Crippen molar-refractivity contribution in [2.24, 2.45) is 0 Å². The van der Waals surface area contributed by atoms with Gasteiger partial charge in [-0.25, -0.2) is 0 Å². The van der Waals surface area contributed by atoms with Crippen molar-refractivity contribution in [3.05, 3.63) is 63.6 Å². The molecule has 0 saturated carbocycles. The minimum absolute atomic E-state index is 0.207. The van der Waals surface area contributed by atoms with E-state index in [0.29, 0.717) is 27.8 Å². The summed E-state index contributed by atoms with van der Waals surface area (Å²) in [5.41, 5.74) is 7.45. The van der Waals surface area contributed by atoms with Crippen molar-refractivity contribution < 1.29 is 4.79 Å². The van der Waals surface area contributed by atoms with Gasteiger partial charge in [0.1, 0.15) is 0 Å². The predicted octanol–water partition coefficient (Wildman–Crippen LogP) is 3.51. The van der Waals surface area contributed by atoms with Crippen molar-refractivity contribution in [3.63, 3.8) is 0 Å². The monoisotopic (exact) mass is 294 g/mol. The van der Waals surface area contributed by atoms with Crippen LogP contribution in [0.25, 0.3) is 0 Å². The van der Waals surface area contributed by atoms with Gasteiger partial charge in [-0.15, -0.1) is 0 Å². The number of hydrogen-bond acceptors (Lipinski definition) is 2. The number of carbonyl (C=O) groups excluding carboxylic acids is 1. The predicted molar refractivity (Wildman–Crippen MR) is 78.5 cm³/mol. The number of halogens is 2. The average Bonchev–Trinajstić information content (AvgIpc) is 2.39. The lowest BCUT2D eigenvalue weighted by atomic mass is 10.2. The first-order valence-corrected chi connectivity index (χ1v) is 6.39. The van der Waals surface area contributed by atoms with Gasteiger partial charge in [0, 0.05) is 17.1 Å². The quantitative estimate of drug-likeness (QED) is 0.851. The third-order valence-electron chi connectivity index (χ3n) is 2.60. The molecule has 2 aromatic carbocycles. The summed E-state index contributed by atoms with van der Waals surface area (Å²) in [4.78, 5) is 11.9. The molecule has 0 aliphatic heterocycles. The Bertz CT molecular complexity index is 614. The number of hydrogen-bond donors (Lipinski definition) is 2. The Labute approximate surface area is 121 Å². The minimum Gasteiger partial charge on any atom is -0.398 e. The van der Waals surface area contributed by atoms with Crippen LogP contribution in [0.2, 0.25) is 10.0 Å². The Balaban J connectivity index is 2.03. The van der Waals surface area contributed by atoms with E-state index < -0.39 is 0 Å². The number of nitrogens with two attached hydrogens (primary N) is 1. The fourth-order valence-corrected chi connectivity index (χ4v) is 1.99. The molecule has 0 spiro atoms. The molecule has 3 N–H and O–H groups in total. The van der Waals surface area contributed by atoms with E-state index in [1.807, 2.05) is 12.1 Å². The second-order valence-electron chi connectivity index (χ2n) is 4.05. The van der Waals surface area contributed by atoms with Gasteiger partial charge in [0.25, 0.3) is 5.91 Å². The molecular formula is C14H12Cl2N2O. The highest BCUT2D eigenvalue weighted by molar-refractivity contribution is 6.33. The highest BCUT2D eigenvalue weighted by Gasteiger charge is 2.07. The fourth-order valence-electron chi connectivity index (χ4n) is 1.60. The molecule has 2 aromatic rings. The van der Waals surface area contributed by atoms with Crippen LogP contribution >= 0.6 is 23.2 Å². The highest BCUT2D eigenvalue weighted by atomic mass is 35.5.